The molecule has 0 N–H and O–H groups in total. The van der Waals surface area contributed by atoms with Gasteiger partial charge in [-0.25, -0.2) is 12.7 Å². The second-order valence-corrected chi connectivity index (χ2v) is 8.68. The topological polar surface area (TPSA) is 66.9 Å². The summed E-state index contributed by atoms with van der Waals surface area (Å²) in [5.41, 5.74) is 0.639. The fourth-order valence-corrected chi connectivity index (χ4v) is 3.94. The maximum absolute atomic E-state index is 12.4. The molecule has 1 saturated heterocycles. The first kappa shape index (κ1) is 19.5. The molecule has 7 heteroatoms. The summed E-state index contributed by atoms with van der Waals surface area (Å²) in [6.45, 7) is 3.69. The molecule has 0 bridgehead atoms. The molecule has 0 aromatic heterocycles. The van der Waals surface area contributed by atoms with Gasteiger partial charge >= 0.3 is 0 Å². The van der Waals surface area contributed by atoms with Gasteiger partial charge in [-0.15, -0.1) is 0 Å². The lowest BCUT2D eigenvalue weighted by molar-refractivity contribution is -0.127. The number of piperidine rings is 1. The van der Waals surface area contributed by atoms with Crippen molar-refractivity contribution in [2.45, 2.75) is 24.7 Å². The average molecular weight is 366 g/mol. The molecule has 1 atom stereocenters. The molecule has 138 valence electrons. The third-order valence-corrected chi connectivity index (χ3v) is 6.17. The SMILES string of the molecule is COc1ccc(/C=C/C(=O)N2CCCC(C)C2)cc1S(=O)(=O)N(C)C. The molecular formula is C18H26N2O4S. The Labute approximate surface area is 150 Å². The number of methoxy groups -OCH3 is 1. The van der Waals surface area contributed by atoms with Crippen LogP contribution in [0.15, 0.2) is 29.2 Å². The van der Waals surface area contributed by atoms with Gasteiger partial charge in [0, 0.05) is 33.3 Å². The minimum atomic E-state index is -3.63. The zero-order chi connectivity index (χ0) is 18.6. The summed E-state index contributed by atoms with van der Waals surface area (Å²) < 4.78 is 31.2. The molecule has 1 aromatic rings. The summed E-state index contributed by atoms with van der Waals surface area (Å²) in [7, 11) is 0.743. The summed E-state index contributed by atoms with van der Waals surface area (Å²) in [5.74, 6) is 0.755. The van der Waals surface area contributed by atoms with Crippen LogP contribution in [-0.4, -0.2) is 57.8 Å². The van der Waals surface area contributed by atoms with E-state index in [-0.39, 0.29) is 16.6 Å². The molecule has 25 heavy (non-hydrogen) atoms. The van der Waals surface area contributed by atoms with E-state index in [4.69, 9.17) is 4.74 Å². The quantitative estimate of drug-likeness (QED) is 0.750. The van der Waals surface area contributed by atoms with Gasteiger partial charge in [-0.2, -0.15) is 0 Å². The number of carbonyl (C=O) groups is 1. The molecule has 0 radical (unpaired) electrons. The summed E-state index contributed by atoms with van der Waals surface area (Å²) in [4.78, 5) is 14.2. The van der Waals surface area contributed by atoms with Gasteiger partial charge in [0.15, 0.2) is 0 Å². The first-order valence-electron chi connectivity index (χ1n) is 8.33. The van der Waals surface area contributed by atoms with Crippen LogP contribution in [0.3, 0.4) is 0 Å². The number of amides is 1. The van der Waals surface area contributed by atoms with Gasteiger partial charge in [0.05, 0.1) is 7.11 Å². The zero-order valence-corrected chi connectivity index (χ0v) is 16.0. The molecule has 1 aliphatic heterocycles. The van der Waals surface area contributed by atoms with Crippen LogP contribution in [0.5, 0.6) is 5.75 Å². The Kier molecular flexibility index (Phi) is 6.24. The molecule has 0 saturated carbocycles. The van der Waals surface area contributed by atoms with Crippen molar-refractivity contribution in [3.63, 3.8) is 0 Å². The van der Waals surface area contributed by atoms with Crippen LogP contribution >= 0.6 is 0 Å². The van der Waals surface area contributed by atoms with Crippen LogP contribution in [0, 0.1) is 5.92 Å². The van der Waals surface area contributed by atoms with Crippen LogP contribution < -0.4 is 4.74 Å². The maximum Gasteiger partial charge on any atom is 0.246 e. The fraction of sp³-hybridized carbons (Fsp3) is 0.500. The fourth-order valence-electron chi connectivity index (χ4n) is 2.86. The summed E-state index contributed by atoms with van der Waals surface area (Å²) >= 11 is 0. The average Bonchev–Trinajstić information content (AvgIpc) is 2.59. The first-order valence-corrected chi connectivity index (χ1v) is 9.77. The number of sulfonamides is 1. The van der Waals surface area contributed by atoms with Crippen molar-refractivity contribution in [2.24, 2.45) is 5.92 Å². The first-order chi connectivity index (χ1) is 11.8. The van der Waals surface area contributed by atoms with Gasteiger partial charge in [-0.05, 0) is 42.5 Å². The van der Waals surface area contributed by atoms with E-state index in [9.17, 15) is 13.2 Å². The van der Waals surface area contributed by atoms with Crippen LogP contribution in [0.4, 0.5) is 0 Å². The van der Waals surface area contributed by atoms with Crippen molar-refractivity contribution in [1.82, 2.24) is 9.21 Å². The predicted molar refractivity (Wildman–Crippen MR) is 97.9 cm³/mol. The largest absolute Gasteiger partial charge is 0.495 e. The number of nitrogens with zero attached hydrogens (tertiary/aromatic N) is 2. The molecule has 1 aliphatic rings. The van der Waals surface area contributed by atoms with Gasteiger partial charge in [0.1, 0.15) is 10.6 Å². The molecule has 1 fully saturated rings. The van der Waals surface area contributed by atoms with E-state index in [1.54, 1.807) is 18.2 Å². The summed E-state index contributed by atoms with van der Waals surface area (Å²) in [6.07, 6.45) is 5.33. The second-order valence-electron chi connectivity index (χ2n) is 6.56. The minimum absolute atomic E-state index is 0.0422. The van der Waals surface area contributed by atoms with E-state index in [0.717, 1.165) is 30.2 Å². The summed E-state index contributed by atoms with van der Waals surface area (Å²) in [6, 6.07) is 4.86. The lowest BCUT2D eigenvalue weighted by atomic mass is 10.0. The maximum atomic E-state index is 12.4. The van der Waals surface area contributed by atoms with Crippen molar-refractivity contribution in [1.29, 1.82) is 0 Å². The third kappa shape index (κ3) is 4.61. The molecule has 1 aromatic carbocycles. The highest BCUT2D eigenvalue weighted by atomic mass is 32.2. The standard InChI is InChI=1S/C18H26N2O4S/c1-14-6-5-11-20(13-14)18(21)10-8-15-7-9-16(24-4)17(12-15)25(22,23)19(2)3/h7-10,12,14H,5-6,11,13H2,1-4H3/b10-8+. The number of ether oxygens (including phenoxy) is 1. The number of hydrogen-bond donors (Lipinski definition) is 0. The van der Waals surface area contributed by atoms with Crippen molar-refractivity contribution < 1.29 is 17.9 Å². The van der Waals surface area contributed by atoms with Crippen molar-refractivity contribution >= 4 is 22.0 Å². The molecule has 1 amide bonds. The van der Waals surface area contributed by atoms with Crippen molar-refractivity contribution in [2.75, 3.05) is 34.3 Å². The molecule has 2 rings (SSSR count). The Morgan fingerprint density at radius 1 is 1.36 bits per heavy atom. The highest BCUT2D eigenvalue weighted by Crippen LogP contribution is 2.27. The van der Waals surface area contributed by atoms with Gasteiger partial charge in [-0.3, -0.25) is 4.79 Å². The monoisotopic (exact) mass is 366 g/mol. The Bertz CT molecular complexity index is 756. The molecule has 0 spiro atoms. The predicted octanol–water partition coefficient (Wildman–Crippen LogP) is 2.22. The highest BCUT2D eigenvalue weighted by Gasteiger charge is 2.22. The van der Waals surface area contributed by atoms with E-state index in [1.165, 1.54) is 33.3 Å². The van der Waals surface area contributed by atoms with Crippen LogP contribution in [0.2, 0.25) is 0 Å². The van der Waals surface area contributed by atoms with Gasteiger partial charge in [-0.1, -0.05) is 13.0 Å². The third-order valence-electron chi connectivity index (χ3n) is 4.33. The van der Waals surface area contributed by atoms with Gasteiger partial charge in [0.25, 0.3) is 0 Å². The molecule has 6 nitrogen and oxygen atoms in total. The Hall–Kier alpha value is -1.86. The van der Waals surface area contributed by atoms with Crippen LogP contribution in [0.1, 0.15) is 25.3 Å². The van der Waals surface area contributed by atoms with E-state index in [0.29, 0.717) is 11.5 Å². The Morgan fingerprint density at radius 3 is 2.68 bits per heavy atom. The van der Waals surface area contributed by atoms with E-state index >= 15 is 0 Å². The van der Waals surface area contributed by atoms with Crippen LogP contribution in [-0.2, 0) is 14.8 Å². The number of hydrogen-bond acceptors (Lipinski definition) is 4. The Morgan fingerprint density at radius 2 is 2.08 bits per heavy atom. The van der Waals surface area contributed by atoms with E-state index in [1.807, 2.05) is 4.90 Å². The molecule has 1 unspecified atom stereocenters. The molecule has 1 heterocycles. The van der Waals surface area contributed by atoms with Crippen LogP contribution in [0.25, 0.3) is 6.08 Å². The number of benzene rings is 1. The molecule has 0 aliphatic carbocycles. The molecular weight excluding hydrogens is 340 g/mol. The lowest BCUT2D eigenvalue weighted by Crippen LogP contribution is -2.38. The summed E-state index contributed by atoms with van der Waals surface area (Å²) in [5, 5.41) is 0. The highest BCUT2D eigenvalue weighted by molar-refractivity contribution is 7.89. The number of likely N-dealkylation sites (tertiary alicyclic amines) is 1. The van der Waals surface area contributed by atoms with Crippen molar-refractivity contribution in [3.8, 4) is 5.75 Å². The zero-order valence-electron chi connectivity index (χ0n) is 15.2. The van der Waals surface area contributed by atoms with Crippen molar-refractivity contribution in [3.05, 3.63) is 29.8 Å². The number of carbonyl (C=O) groups excluding carboxylic acids is 1. The lowest BCUT2D eigenvalue weighted by Gasteiger charge is -2.30. The Balaban J connectivity index is 2.24. The minimum Gasteiger partial charge on any atom is -0.495 e. The smallest absolute Gasteiger partial charge is 0.246 e. The number of rotatable bonds is 5. The van der Waals surface area contributed by atoms with Gasteiger partial charge in [0.2, 0.25) is 15.9 Å². The second kappa shape index (κ2) is 8.01. The normalized spacial score (nSPS) is 18.8. The van der Waals surface area contributed by atoms with E-state index in [2.05, 4.69) is 6.92 Å². The van der Waals surface area contributed by atoms with Gasteiger partial charge < -0.3 is 9.64 Å². The van der Waals surface area contributed by atoms with E-state index < -0.39 is 10.0 Å².